The molecule has 2 aliphatic rings. The summed E-state index contributed by atoms with van der Waals surface area (Å²) >= 11 is 0. The fourth-order valence-electron chi connectivity index (χ4n) is 3.91. The number of amides is 2. The number of carbonyl (C=O) groups is 2. The van der Waals surface area contributed by atoms with Gasteiger partial charge in [0.2, 0.25) is 5.76 Å². The number of benzene rings is 1. The molecular weight excluding hydrogens is 374 g/mol. The average molecular weight is 399 g/mol. The molecule has 2 aromatic rings. The highest BCUT2D eigenvalue weighted by atomic mass is 16.6. The number of carbonyl (C=O) groups excluding carboxylic acids is 2. The minimum absolute atomic E-state index is 0.157. The molecular formula is C21H25N3O5. The minimum atomic E-state index is -0.535. The van der Waals surface area contributed by atoms with E-state index in [0.717, 1.165) is 5.75 Å². The van der Waals surface area contributed by atoms with Crippen LogP contribution >= 0.6 is 0 Å². The second-order valence-electron chi connectivity index (χ2n) is 7.57. The average Bonchev–Trinajstić information content (AvgIpc) is 3.21. The number of likely N-dealkylation sites (tertiary alicyclic amines) is 1. The Hall–Kier alpha value is -3.03. The number of oxazole rings is 1. The lowest BCUT2D eigenvalue weighted by Gasteiger charge is -2.37. The third-order valence-corrected chi connectivity index (χ3v) is 5.47. The van der Waals surface area contributed by atoms with Crippen LogP contribution in [0.4, 0.5) is 4.79 Å². The topological polar surface area (TPSA) is 85.1 Å². The van der Waals surface area contributed by atoms with E-state index in [1.54, 1.807) is 23.6 Å². The Morgan fingerprint density at radius 2 is 1.93 bits per heavy atom. The van der Waals surface area contributed by atoms with Crippen LogP contribution in [-0.2, 0) is 4.74 Å². The molecule has 0 saturated carbocycles. The van der Waals surface area contributed by atoms with Crippen LogP contribution < -0.4 is 4.74 Å². The molecule has 4 rings (SSSR count). The lowest BCUT2D eigenvalue weighted by molar-refractivity contribution is 0.00220. The van der Waals surface area contributed by atoms with Crippen molar-refractivity contribution >= 4 is 12.0 Å². The zero-order valence-corrected chi connectivity index (χ0v) is 16.7. The molecule has 2 saturated heterocycles. The van der Waals surface area contributed by atoms with Crippen LogP contribution in [0.3, 0.4) is 0 Å². The lowest BCUT2D eigenvalue weighted by Crippen LogP contribution is -2.49. The molecule has 1 aromatic heterocycles. The van der Waals surface area contributed by atoms with Gasteiger partial charge >= 0.3 is 6.09 Å². The highest BCUT2D eigenvalue weighted by Crippen LogP contribution is 2.33. The van der Waals surface area contributed by atoms with Crippen LogP contribution in [0.5, 0.6) is 5.75 Å². The zero-order valence-electron chi connectivity index (χ0n) is 16.7. The van der Waals surface area contributed by atoms with E-state index in [0.29, 0.717) is 63.0 Å². The van der Waals surface area contributed by atoms with E-state index in [2.05, 4.69) is 4.98 Å². The molecule has 0 radical (unpaired) electrons. The largest absolute Gasteiger partial charge is 0.492 e. The van der Waals surface area contributed by atoms with E-state index in [9.17, 15) is 9.59 Å². The molecule has 8 nitrogen and oxygen atoms in total. The molecule has 0 unspecified atom stereocenters. The van der Waals surface area contributed by atoms with Crippen molar-refractivity contribution in [3.05, 3.63) is 47.7 Å². The second kappa shape index (κ2) is 7.77. The molecule has 0 atom stereocenters. The van der Waals surface area contributed by atoms with E-state index in [1.807, 2.05) is 30.3 Å². The summed E-state index contributed by atoms with van der Waals surface area (Å²) in [6.45, 7) is 5.91. The number of ether oxygens (including phenoxy) is 2. The van der Waals surface area contributed by atoms with E-state index >= 15 is 0 Å². The molecule has 2 aliphatic heterocycles. The summed E-state index contributed by atoms with van der Waals surface area (Å²) in [5.41, 5.74) is 0.0668. The maximum atomic E-state index is 12.7. The fraction of sp³-hybridized carbons (Fsp3) is 0.476. The standard InChI is InChI=1S/C21H25N3O5/c1-15-18(28-16(2)22-15)19(25)23-10-8-21(9-11-23)14-24(20(26)29-21)12-13-27-17-6-4-3-5-7-17/h3-7H,8-14H2,1-2H3. The molecule has 2 fully saturated rings. The molecule has 0 aliphatic carbocycles. The quantitative estimate of drug-likeness (QED) is 0.769. The van der Waals surface area contributed by atoms with Crippen LogP contribution in [0.25, 0.3) is 0 Å². The minimum Gasteiger partial charge on any atom is -0.492 e. The first-order chi connectivity index (χ1) is 14.0. The van der Waals surface area contributed by atoms with Gasteiger partial charge in [-0.1, -0.05) is 18.2 Å². The van der Waals surface area contributed by atoms with Crippen LogP contribution in [0, 0.1) is 13.8 Å². The van der Waals surface area contributed by atoms with Crippen LogP contribution in [-0.4, -0.2) is 65.2 Å². The van der Waals surface area contributed by atoms with Crippen molar-refractivity contribution in [2.45, 2.75) is 32.3 Å². The summed E-state index contributed by atoms with van der Waals surface area (Å²) in [6.07, 6.45) is 0.891. The van der Waals surface area contributed by atoms with E-state index in [1.165, 1.54) is 0 Å². The van der Waals surface area contributed by atoms with Crippen molar-refractivity contribution in [2.24, 2.45) is 0 Å². The second-order valence-corrected chi connectivity index (χ2v) is 7.57. The molecule has 8 heteroatoms. The molecule has 0 bridgehead atoms. The van der Waals surface area contributed by atoms with Gasteiger partial charge in [0.1, 0.15) is 18.0 Å². The highest BCUT2D eigenvalue weighted by molar-refractivity contribution is 5.92. The Labute approximate surface area is 169 Å². The highest BCUT2D eigenvalue weighted by Gasteiger charge is 2.47. The molecule has 2 amide bonds. The molecule has 1 aromatic carbocycles. The zero-order chi connectivity index (χ0) is 20.4. The predicted octanol–water partition coefficient (Wildman–Crippen LogP) is 2.80. The number of hydrogen-bond donors (Lipinski definition) is 0. The fourth-order valence-corrected chi connectivity index (χ4v) is 3.91. The van der Waals surface area contributed by atoms with Gasteiger partial charge in [0.15, 0.2) is 5.89 Å². The van der Waals surface area contributed by atoms with Crippen molar-refractivity contribution in [3.63, 3.8) is 0 Å². The summed E-state index contributed by atoms with van der Waals surface area (Å²) in [6, 6.07) is 9.51. The van der Waals surface area contributed by atoms with Crippen molar-refractivity contribution in [2.75, 3.05) is 32.8 Å². The van der Waals surface area contributed by atoms with Gasteiger partial charge in [-0.2, -0.15) is 0 Å². The number of aryl methyl sites for hydroxylation is 2. The van der Waals surface area contributed by atoms with Crippen molar-refractivity contribution in [3.8, 4) is 5.75 Å². The van der Waals surface area contributed by atoms with Crippen LogP contribution in [0.1, 0.15) is 35.0 Å². The Balaban J connectivity index is 1.30. The number of nitrogens with zero attached hydrogens (tertiary/aromatic N) is 3. The Bertz CT molecular complexity index is 887. The monoisotopic (exact) mass is 399 g/mol. The summed E-state index contributed by atoms with van der Waals surface area (Å²) in [5.74, 6) is 1.40. The molecule has 1 spiro atoms. The third kappa shape index (κ3) is 4.06. The first-order valence-corrected chi connectivity index (χ1v) is 9.85. The number of piperidine rings is 1. The summed E-state index contributed by atoms with van der Waals surface area (Å²) in [5, 5.41) is 0. The van der Waals surface area contributed by atoms with Gasteiger partial charge in [0.05, 0.1) is 18.8 Å². The van der Waals surface area contributed by atoms with Gasteiger partial charge < -0.3 is 23.7 Å². The Morgan fingerprint density at radius 1 is 1.21 bits per heavy atom. The molecule has 29 heavy (non-hydrogen) atoms. The number of para-hydroxylation sites is 1. The van der Waals surface area contributed by atoms with E-state index < -0.39 is 5.60 Å². The van der Waals surface area contributed by atoms with Gasteiger partial charge in [-0.25, -0.2) is 9.78 Å². The van der Waals surface area contributed by atoms with E-state index in [4.69, 9.17) is 13.9 Å². The summed E-state index contributed by atoms with van der Waals surface area (Å²) in [7, 11) is 0. The third-order valence-electron chi connectivity index (χ3n) is 5.47. The number of rotatable bonds is 5. The van der Waals surface area contributed by atoms with Gasteiger partial charge in [0.25, 0.3) is 5.91 Å². The van der Waals surface area contributed by atoms with Gasteiger partial charge in [0, 0.05) is 32.9 Å². The molecule has 0 N–H and O–H groups in total. The first kappa shape index (κ1) is 19.3. The van der Waals surface area contributed by atoms with Crippen LogP contribution in [0.15, 0.2) is 34.7 Å². The normalized spacial score (nSPS) is 18.2. The smallest absolute Gasteiger partial charge is 0.410 e. The first-order valence-electron chi connectivity index (χ1n) is 9.85. The Kier molecular flexibility index (Phi) is 5.17. The predicted molar refractivity (Wildman–Crippen MR) is 104 cm³/mol. The van der Waals surface area contributed by atoms with Crippen molar-refractivity contribution in [1.29, 1.82) is 0 Å². The molecule has 154 valence electrons. The summed E-state index contributed by atoms with van der Waals surface area (Å²) < 4.78 is 16.9. The maximum absolute atomic E-state index is 12.7. The lowest BCUT2D eigenvalue weighted by atomic mass is 9.91. The van der Waals surface area contributed by atoms with Gasteiger partial charge in [-0.3, -0.25) is 4.79 Å². The number of hydrogen-bond acceptors (Lipinski definition) is 6. The van der Waals surface area contributed by atoms with E-state index in [-0.39, 0.29) is 12.0 Å². The van der Waals surface area contributed by atoms with Crippen molar-refractivity contribution in [1.82, 2.24) is 14.8 Å². The van der Waals surface area contributed by atoms with Crippen LogP contribution in [0.2, 0.25) is 0 Å². The Morgan fingerprint density at radius 3 is 2.59 bits per heavy atom. The van der Waals surface area contributed by atoms with Gasteiger partial charge in [-0.15, -0.1) is 0 Å². The maximum Gasteiger partial charge on any atom is 0.410 e. The SMILES string of the molecule is Cc1nc(C)c(C(=O)N2CCC3(CC2)CN(CCOc2ccccc2)C(=O)O3)o1. The van der Waals surface area contributed by atoms with Crippen molar-refractivity contribution < 1.29 is 23.5 Å². The summed E-state index contributed by atoms with van der Waals surface area (Å²) in [4.78, 5) is 32.6. The number of aromatic nitrogens is 1. The van der Waals surface area contributed by atoms with Gasteiger partial charge in [-0.05, 0) is 19.1 Å². The molecule has 3 heterocycles.